The number of nitrogens with one attached hydrogen (secondary N) is 1. The van der Waals surface area contributed by atoms with E-state index in [-0.39, 0.29) is 5.75 Å². The molecule has 0 saturated heterocycles. The second-order valence-electron chi connectivity index (χ2n) is 4.89. The summed E-state index contributed by atoms with van der Waals surface area (Å²) in [6.45, 7) is -0.865. The lowest BCUT2D eigenvalue weighted by atomic mass is 10.3. The molecule has 1 amide bonds. The van der Waals surface area contributed by atoms with Crippen LogP contribution in [0.4, 0.5) is 10.1 Å². The van der Waals surface area contributed by atoms with Crippen molar-refractivity contribution in [1.82, 2.24) is 0 Å². The van der Waals surface area contributed by atoms with E-state index in [4.69, 9.17) is 14.7 Å². The van der Waals surface area contributed by atoms with Crippen molar-refractivity contribution >= 4 is 29.3 Å². The zero-order chi connectivity index (χ0) is 18.8. The highest BCUT2D eigenvalue weighted by Crippen LogP contribution is 2.26. The van der Waals surface area contributed by atoms with Gasteiger partial charge in [0.15, 0.2) is 13.2 Å². The topological polar surface area (TPSA) is 88.4 Å². The summed E-state index contributed by atoms with van der Waals surface area (Å²) in [5.74, 6) is -1.08. The van der Waals surface area contributed by atoms with Crippen LogP contribution in [-0.2, 0) is 14.3 Å². The smallest absolute Gasteiger partial charge is 0.344 e. The highest BCUT2D eigenvalue weighted by Gasteiger charge is 2.11. The third-order valence-corrected chi connectivity index (χ3v) is 3.93. The minimum Gasteiger partial charge on any atom is -0.482 e. The van der Waals surface area contributed by atoms with E-state index in [1.807, 2.05) is 6.07 Å². The van der Waals surface area contributed by atoms with Crippen molar-refractivity contribution in [3.8, 4) is 11.8 Å². The molecule has 6 nitrogen and oxygen atoms in total. The first-order valence-corrected chi connectivity index (χ1v) is 8.49. The van der Waals surface area contributed by atoms with E-state index in [0.717, 1.165) is 4.90 Å². The molecule has 8 heteroatoms. The highest BCUT2D eigenvalue weighted by molar-refractivity contribution is 7.99. The number of esters is 1. The lowest BCUT2D eigenvalue weighted by Crippen LogP contribution is -2.23. The number of benzene rings is 2. The van der Waals surface area contributed by atoms with Crippen molar-refractivity contribution in [3.63, 3.8) is 0 Å². The lowest BCUT2D eigenvalue weighted by Gasteiger charge is -2.10. The van der Waals surface area contributed by atoms with Crippen molar-refractivity contribution in [2.24, 2.45) is 0 Å². The first-order valence-electron chi connectivity index (χ1n) is 7.51. The summed E-state index contributed by atoms with van der Waals surface area (Å²) in [6.07, 6.45) is 0. The summed E-state index contributed by atoms with van der Waals surface area (Å²) in [6, 6.07) is 14.2. The molecule has 0 aliphatic carbocycles. The van der Waals surface area contributed by atoms with Gasteiger partial charge in [0.25, 0.3) is 5.91 Å². The zero-order valence-corrected chi connectivity index (χ0v) is 14.4. The maximum atomic E-state index is 12.8. The number of hydrogen-bond donors (Lipinski definition) is 1. The van der Waals surface area contributed by atoms with Gasteiger partial charge in [-0.2, -0.15) is 5.26 Å². The molecule has 0 saturated carbocycles. The van der Waals surface area contributed by atoms with Gasteiger partial charge in [-0.15, -0.1) is 11.8 Å². The number of thioether (sulfide) groups is 1. The average Bonchev–Trinajstić information content (AvgIpc) is 2.65. The predicted molar refractivity (Wildman–Crippen MR) is 94.3 cm³/mol. The first-order chi connectivity index (χ1) is 12.6. The molecule has 1 N–H and O–H groups in total. The summed E-state index contributed by atoms with van der Waals surface area (Å²) in [4.78, 5) is 24.3. The number of halogens is 1. The van der Waals surface area contributed by atoms with Crippen LogP contribution in [0.15, 0.2) is 53.4 Å². The Balaban J connectivity index is 1.77. The van der Waals surface area contributed by atoms with Gasteiger partial charge < -0.3 is 14.8 Å². The van der Waals surface area contributed by atoms with Crippen molar-refractivity contribution in [1.29, 1.82) is 5.26 Å². The fourth-order valence-electron chi connectivity index (χ4n) is 1.85. The van der Waals surface area contributed by atoms with E-state index >= 15 is 0 Å². The Morgan fingerprint density at radius 2 is 1.85 bits per heavy atom. The molecule has 2 rings (SSSR count). The van der Waals surface area contributed by atoms with Gasteiger partial charge in [0, 0.05) is 4.90 Å². The molecule has 26 heavy (non-hydrogen) atoms. The van der Waals surface area contributed by atoms with Crippen LogP contribution in [0.1, 0.15) is 0 Å². The van der Waals surface area contributed by atoms with Gasteiger partial charge >= 0.3 is 5.97 Å². The number of carbonyl (C=O) groups is 2. The summed E-state index contributed by atoms with van der Waals surface area (Å²) in [5.41, 5.74) is 0.538. The Morgan fingerprint density at radius 1 is 1.12 bits per heavy atom. The highest BCUT2D eigenvalue weighted by atomic mass is 32.2. The Hall–Kier alpha value is -3.05. The van der Waals surface area contributed by atoms with Crippen LogP contribution >= 0.6 is 11.8 Å². The van der Waals surface area contributed by atoms with Gasteiger partial charge in [0.1, 0.15) is 11.6 Å². The molecule has 134 valence electrons. The number of amides is 1. The molecule has 0 heterocycles. The quantitative estimate of drug-likeness (QED) is 0.564. The summed E-state index contributed by atoms with van der Waals surface area (Å²) < 4.78 is 22.7. The molecular formula is C18H15FN2O4S. The molecule has 0 aliphatic heterocycles. The summed E-state index contributed by atoms with van der Waals surface area (Å²) >= 11 is 1.29. The number of ether oxygens (including phenoxy) is 2. The number of hydrogen-bond acceptors (Lipinski definition) is 6. The van der Waals surface area contributed by atoms with E-state index in [9.17, 15) is 14.0 Å². The Labute approximate surface area is 153 Å². The lowest BCUT2D eigenvalue weighted by molar-refractivity contribution is -0.149. The number of anilines is 1. The fourth-order valence-corrected chi connectivity index (χ4v) is 2.52. The molecule has 2 aromatic carbocycles. The molecule has 0 aliphatic rings. The maximum absolute atomic E-state index is 12.8. The van der Waals surface area contributed by atoms with Crippen molar-refractivity contribution in [2.45, 2.75) is 4.90 Å². The molecule has 0 unspecified atom stereocenters. The Bertz CT molecular complexity index is 806. The number of nitrogens with zero attached hydrogens (tertiary/aromatic N) is 1. The average molecular weight is 374 g/mol. The minimum atomic E-state index is -0.725. The van der Waals surface area contributed by atoms with Crippen LogP contribution in [0, 0.1) is 17.1 Å². The molecule has 0 radical (unpaired) electrons. The van der Waals surface area contributed by atoms with Crippen LogP contribution in [0.2, 0.25) is 0 Å². The second-order valence-corrected chi connectivity index (χ2v) is 5.91. The molecule has 0 atom stereocenters. The molecule has 0 aromatic heterocycles. The third-order valence-electron chi connectivity index (χ3n) is 2.99. The summed E-state index contributed by atoms with van der Waals surface area (Å²) in [7, 11) is 0. The van der Waals surface area contributed by atoms with Gasteiger partial charge in [-0.3, -0.25) is 4.79 Å². The maximum Gasteiger partial charge on any atom is 0.344 e. The van der Waals surface area contributed by atoms with E-state index in [1.165, 1.54) is 36.0 Å². The van der Waals surface area contributed by atoms with E-state index < -0.39 is 30.9 Å². The second kappa shape index (κ2) is 10.1. The standard InChI is InChI=1S/C18H15FN2O4S/c19-13-5-7-14(8-6-13)24-12-18(23)25-11-17(22)21-15-3-1-2-4-16(15)26-10-9-20/h1-8H,10-12H2,(H,21,22). The predicted octanol–water partition coefficient (Wildman–Crippen LogP) is 3.00. The number of nitriles is 1. The summed E-state index contributed by atoms with van der Waals surface area (Å²) in [5, 5.41) is 11.3. The van der Waals surface area contributed by atoms with Crippen LogP contribution < -0.4 is 10.1 Å². The monoisotopic (exact) mass is 374 g/mol. The van der Waals surface area contributed by atoms with E-state index in [0.29, 0.717) is 11.4 Å². The normalized spacial score (nSPS) is 9.85. The van der Waals surface area contributed by atoms with Gasteiger partial charge in [0.2, 0.25) is 0 Å². The molecule has 0 fully saturated rings. The van der Waals surface area contributed by atoms with Gasteiger partial charge in [0.05, 0.1) is 17.5 Å². The van der Waals surface area contributed by atoms with Crippen LogP contribution in [-0.4, -0.2) is 30.8 Å². The fraction of sp³-hybridized carbons (Fsp3) is 0.167. The molecule has 0 bridgehead atoms. The van der Waals surface area contributed by atoms with Crippen LogP contribution in [0.25, 0.3) is 0 Å². The zero-order valence-electron chi connectivity index (χ0n) is 13.6. The Morgan fingerprint density at radius 3 is 2.58 bits per heavy atom. The van der Waals surface area contributed by atoms with E-state index in [2.05, 4.69) is 5.32 Å². The largest absolute Gasteiger partial charge is 0.482 e. The van der Waals surface area contributed by atoms with Crippen LogP contribution in [0.5, 0.6) is 5.75 Å². The first kappa shape index (κ1) is 19.3. The van der Waals surface area contributed by atoms with Crippen molar-refractivity contribution < 1.29 is 23.5 Å². The van der Waals surface area contributed by atoms with Crippen LogP contribution in [0.3, 0.4) is 0 Å². The molecule has 0 spiro atoms. The Kier molecular flexibility index (Phi) is 7.46. The minimum absolute atomic E-state index is 0.253. The van der Waals surface area contributed by atoms with E-state index in [1.54, 1.807) is 24.3 Å². The number of rotatable bonds is 8. The SMILES string of the molecule is N#CCSc1ccccc1NC(=O)COC(=O)COc1ccc(F)cc1. The van der Waals surface area contributed by atoms with Gasteiger partial charge in [-0.1, -0.05) is 12.1 Å². The molecule has 2 aromatic rings. The van der Waals surface area contributed by atoms with Crippen molar-refractivity contribution in [3.05, 3.63) is 54.3 Å². The van der Waals surface area contributed by atoms with Gasteiger partial charge in [-0.25, -0.2) is 9.18 Å². The molecular weight excluding hydrogens is 359 g/mol. The van der Waals surface area contributed by atoms with Gasteiger partial charge in [-0.05, 0) is 36.4 Å². The number of para-hydroxylation sites is 1. The number of carbonyl (C=O) groups excluding carboxylic acids is 2. The van der Waals surface area contributed by atoms with Crippen molar-refractivity contribution in [2.75, 3.05) is 24.3 Å². The third kappa shape index (κ3) is 6.45.